The van der Waals surface area contributed by atoms with Crippen LogP contribution in [0.4, 0.5) is 0 Å². The Morgan fingerprint density at radius 1 is 1.19 bits per heavy atom. The summed E-state index contributed by atoms with van der Waals surface area (Å²) in [6.07, 6.45) is 5.65. The zero-order chi connectivity index (χ0) is 21.4. The van der Waals surface area contributed by atoms with Crippen LogP contribution in [0, 0.1) is 5.92 Å². The molecule has 31 heavy (non-hydrogen) atoms. The summed E-state index contributed by atoms with van der Waals surface area (Å²) in [4.78, 5) is 23.4. The number of morpholine rings is 1. The molecule has 5 rings (SSSR count). The Morgan fingerprint density at radius 2 is 2.06 bits per heavy atom. The Kier molecular flexibility index (Phi) is 6.72. The van der Waals surface area contributed by atoms with E-state index in [1.165, 1.54) is 10.4 Å². The highest BCUT2D eigenvalue weighted by Gasteiger charge is 2.27. The van der Waals surface area contributed by atoms with Gasteiger partial charge in [-0.2, -0.15) is 0 Å². The summed E-state index contributed by atoms with van der Waals surface area (Å²) in [7, 11) is 0. The van der Waals surface area contributed by atoms with Gasteiger partial charge in [0.05, 0.1) is 30.7 Å². The number of hydrogen-bond acceptors (Lipinski definition) is 7. The SMILES string of the molecule is CC(C)CN1CCO[C@@H](CSc2nc3sc4c(c3c(=O)n2C[C@H]2CCCO2)CCC4)C1. The van der Waals surface area contributed by atoms with Crippen LogP contribution in [0.2, 0.25) is 0 Å². The molecular weight excluding hydrogens is 430 g/mol. The van der Waals surface area contributed by atoms with Crippen LogP contribution in [0.1, 0.15) is 43.6 Å². The first-order chi connectivity index (χ1) is 15.1. The van der Waals surface area contributed by atoms with Crippen LogP contribution in [-0.4, -0.2) is 65.3 Å². The van der Waals surface area contributed by atoms with Gasteiger partial charge in [0, 0.05) is 36.9 Å². The third kappa shape index (κ3) is 4.74. The topological polar surface area (TPSA) is 56.6 Å². The van der Waals surface area contributed by atoms with Crippen LogP contribution in [0.5, 0.6) is 0 Å². The van der Waals surface area contributed by atoms with E-state index in [1.807, 2.05) is 4.57 Å². The number of hydrogen-bond donors (Lipinski definition) is 0. The molecule has 0 aromatic carbocycles. The van der Waals surface area contributed by atoms with E-state index in [-0.39, 0.29) is 17.8 Å². The quantitative estimate of drug-likeness (QED) is 0.462. The van der Waals surface area contributed by atoms with Crippen molar-refractivity contribution >= 4 is 33.3 Å². The molecule has 0 bridgehead atoms. The Labute approximate surface area is 192 Å². The van der Waals surface area contributed by atoms with Crippen molar-refractivity contribution in [3.05, 3.63) is 20.8 Å². The van der Waals surface area contributed by atoms with Gasteiger partial charge in [-0.25, -0.2) is 4.98 Å². The van der Waals surface area contributed by atoms with E-state index in [4.69, 9.17) is 14.5 Å². The average Bonchev–Trinajstić information content (AvgIpc) is 3.46. The molecule has 2 aromatic heterocycles. The maximum Gasteiger partial charge on any atom is 0.263 e. The summed E-state index contributed by atoms with van der Waals surface area (Å²) in [5, 5.41) is 1.70. The smallest absolute Gasteiger partial charge is 0.263 e. The number of thiophene rings is 1. The van der Waals surface area contributed by atoms with Crippen molar-refractivity contribution in [1.82, 2.24) is 14.5 Å². The lowest BCUT2D eigenvalue weighted by Gasteiger charge is -2.33. The summed E-state index contributed by atoms with van der Waals surface area (Å²) in [5.74, 6) is 1.48. The van der Waals surface area contributed by atoms with Crippen LogP contribution >= 0.6 is 23.1 Å². The highest BCUT2D eigenvalue weighted by molar-refractivity contribution is 7.99. The van der Waals surface area contributed by atoms with Gasteiger partial charge < -0.3 is 9.47 Å². The van der Waals surface area contributed by atoms with E-state index in [0.29, 0.717) is 12.5 Å². The molecule has 3 aliphatic rings. The molecule has 0 radical (unpaired) electrons. The standard InChI is InChI=1S/C23H33N3O3S2/c1-15(2)11-25-8-10-29-17(12-25)14-30-23-24-21-20(18-6-3-7-19(18)31-21)22(27)26(23)13-16-5-4-9-28-16/h15-17H,3-14H2,1-2H3/t16-,17-/m1/s1. The van der Waals surface area contributed by atoms with Gasteiger partial charge in [0.2, 0.25) is 0 Å². The molecular formula is C23H33N3O3S2. The number of ether oxygens (including phenoxy) is 2. The molecule has 1 aliphatic carbocycles. The van der Waals surface area contributed by atoms with Crippen LogP contribution in [0.3, 0.4) is 0 Å². The predicted molar refractivity (Wildman–Crippen MR) is 127 cm³/mol. The molecule has 2 aliphatic heterocycles. The molecule has 0 amide bonds. The fraction of sp³-hybridized carbons (Fsp3) is 0.739. The largest absolute Gasteiger partial charge is 0.376 e. The van der Waals surface area contributed by atoms with Crippen LogP contribution < -0.4 is 5.56 Å². The minimum atomic E-state index is 0.121. The predicted octanol–water partition coefficient (Wildman–Crippen LogP) is 3.57. The number of fused-ring (bicyclic) bond motifs is 3. The van der Waals surface area contributed by atoms with Crippen molar-refractivity contribution < 1.29 is 9.47 Å². The van der Waals surface area contributed by atoms with E-state index >= 15 is 0 Å². The van der Waals surface area contributed by atoms with Crippen molar-refractivity contribution in [3.8, 4) is 0 Å². The molecule has 0 N–H and O–H groups in total. The lowest BCUT2D eigenvalue weighted by atomic mass is 10.2. The maximum absolute atomic E-state index is 13.6. The van der Waals surface area contributed by atoms with Crippen molar-refractivity contribution in [2.45, 2.75) is 69.9 Å². The second-order valence-corrected chi connectivity index (χ2v) is 11.5. The molecule has 2 aromatic rings. The fourth-order valence-corrected chi connectivity index (χ4v) is 7.37. The summed E-state index contributed by atoms with van der Waals surface area (Å²) in [5.41, 5.74) is 1.39. The molecule has 6 nitrogen and oxygen atoms in total. The van der Waals surface area contributed by atoms with Gasteiger partial charge in [-0.1, -0.05) is 25.6 Å². The Morgan fingerprint density at radius 3 is 2.87 bits per heavy atom. The van der Waals surface area contributed by atoms with Crippen molar-refractivity contribution in [3.63, 3.8) is 0 Å². The normalized spacial score (nSPS) is 24.5. The van der Waals surface area contributed by atoms with E-state index < -0.39 is 0 Å². The first-order valence-electron chi connectivity index (χ1n) is 11.7. The fourth-order valence-electron chi connectivity index (χ4n) is 5.05. The summed E-state index contributed by atoms with van der Waals surface area (Å²) in [6.45, 7) is 9.79. The lowest BCUT2D eigenvalue weighted by Crippen LogP contribution is -2.45. The van der Waals surface area contributed by atoms with Crippen molar-refractivity contribution in [2.24, 2.45) is 5.92 Å². The van der Waals surface area contributed by atoms with Crippen LogP contribution in [-0.2, 0) is 28.9 Å². The zero-order valence-electron chi connectivity index (χ0n) is 18.6. The number of aryl methyl sites for hydroxylation is 2. The number of rotatable bonds is 7. The van der Waals surface area contributed by atoms with Crippen molar-refractivity contribution in [2.75, 3.05) is 38.6 Å². The van der Waals surface area contributed by atoms with E-state index in [2.05, 4.69) is 18.7 Å². The van der Waals surface area contributed by atoms with Crippen LogP contribution in [0.25, 0.3) is 10.2 Å². The second-order valence-electron chi connectivity index (χ2n) is 9.44. The molecule has 2 saturated heterocycles. The van der Waals surface area contributed by atoms with Crippen molar-refractivity contribution in [1.29, 1.82) is 0 Å². The highest BCUT2D eigenvalue weighted by Crippen LogP contribution is 2.36. The van der Waals surface area contributed by atoms with Gasteiger partial charge in [0.1, 0.15) is 4.83 Å². The number of nitrogens with zero attached hydrogens (tertiary/aromatic N) is 3. The summed E-state index contributed by atoms with van der Waals surface area (Å²) < 4.78 is 13.8. The zero-order valence-corrected chi connectivity index (χ0v) is 20.2. The molecule has 4 heterocycles. The molecule has 0 saturated carbocycles. The van der Waals surface area contributed by atoms with Gasteiger partial charge in [-0.15, -0.1) is 11.3 Å². The minimum Gasteiger partial charge on any atom is -0.376 e. The lowest BCUT2D eigenvalue weighted by molar-refractivity contribution is -0.0191. The van der Waals surface area contributed by atoms with E-state index in [0.717, 1.165) is 86.1 Å². The molecule has 0 unspecified atom stereocenters. The minimum absolute atomic E-state index is 0.121. The third-order valence-corrected chi connectivity index (χ3v) is 8.74. The summed E-state index contributed by atoms with van der Waals surface area (Å²) >= 11 is 3.41. The van der Waals surface area contributed by atoms with Gasteiger partial charge in [0.25, 0.3) is 5.56 Å². The Balaban J connectivity index is 1.39. The first kappa shape index (κ1) is 21.9. The average molecular weight is 464 g/mol. The number of aromatic nitrogens is 2. The number of thioether (sulfide) groups is 1. The molecule has 8 heteroatoms. The van der Waals surface area contributed by atoms with E-state index in [9.17, 15) is 4.79 Å². The van der Waals surface area contributed by atoms with Gasteiger partial charge in [0.15, 0.2) is 5.16 Å². The highest BCUT2D eigenvalue weighted by atomic mass is 32.2. The molecule has 2 atom stereocenters. The Bertz CT molecular complexity index is 981. The third-order valence-electron chi connectivity index (χ3n) is 6.44. The molecule has 0 spiro atoms. The Hall–Kier alpha value is -0.930. The van der Waals surface area contributed by atoms with Gasteiger partial charge in [-0.3, -0.25) is 14.3 Å². The summed E-state index contributed by atoms with van der Waals surface area (Å²) in [6, 6.07) is 0. The second kappa shape index (κ2) is 9.51. The first-order valence-corrected chi connectivity index (χ1v) is 13.5. The molecule has 2 fully saturated rings. The van der Waals surface area contributed by atoms with Crippen LogP contribution in [0.15, 0.2) is 9.95 Å². The van der Waals surface area contributed by atoms with Gasteiger partial charge in [-0.05, 0) is 43.6 Å². The maximum atomic E-state index is 13.6. The molecule has 170 valence electrons. The van der Waals surface area contributed by atoms with E-state index in [1.54, 1.807) is 23.1 Å². The van der Waals surface area contributed by atoms with Gasteiger partial charge >= 0.3 is 0 Å². The monoisotopic (exact) mass is 463 g/mol.